The standard InChI is InChI=1S/C15H20N2O3S/c1-11-4-9-15(20-11)12(2)17-21(18,19)14-7-5-13(6-8-14)10-16-3/h4-9,12,16-17H,10H2,1-3H3. The predicted molar refractivity (Wildman–Crippen MR) is 81.4 cm³/mol. The van der Waals surface area contributed by atoms with Gasteiger partial charge in [-0.05, 0) is 50.7 Å². The van der Waals surface area contributed by atoms with Gasteiger partial charge in [-0.25, -0.2) is 13.1 Å². The molecule has 0 saturated carbocycles. The highest BCUT2D eigenvalue weighted by atomic mass is 32.2. The normalized spacial score (nSPS) is 13.3. The lowest BCUT2D eigenvalue weighted by atomic mass is 10.2. The van der Waals surface area contributed by atoms with Crippen LogP contribution in [0, 0.1) is 6.92 Å². The monoisotopic (exact) mass is 308 g/mol. The van der Waals surface area contributed by atoms with E-state index in [1.54, 1.807) is 37.3 Å². The van der Waals surface area contributed by atoms with Crippen LogP contribution in [0.2, 0.25) is 0 Å². The Morgan fingerprint density at radius 3 is 2.33 bits per heavy atom. The summed E-state index contributed by atoms with van der Waals surface area (Å²) in [7, 11) is -1.71. The molecule has 1 aromatic carbocycles. The summed E-state index contributed by atoms with van der Waals surface area (Å²) >= 11 is 0. The molecule has 0 spiro atoms. The first-order chi connectivity index (χ1) is 9.92. The van der Waals surface area contributed by atoms with Gasteiger partial charge in [-0.1, -0.05) is 12.1 Å². The molecule has 5 nitrogen and oxygen atoms in total. The molecular formula is C15H20N2O3S. The highest BCUT2D eigenvalue weighted by Crippen LogP contribution is 2.19. The quantitative estimate of drug-likeness (QED) is 0.859. The Balaban J connectivity index is 2.14. The Bertz CT molecular complexity index is 690. The first-order valence-corrected chi connectivity index (χ1v) is 8.23. The average molecular weight is 308 g/mol. The number of hydrogen-bond acceptors (Lipinski definition) is 4. The second-order valence-corrected chi connectivity index (χ2v) is 6.68. The maximum absolute atomic E-state index is 12.3. The Morgan fingerprint density at radius 1 is 1.14 bits per heavy atom. The van der Waals surface area contributed by atoms with Crippen molar-refractivity contribution in [1.29, 1.82) is 0 Å². The van der Waals surface area contributed by atoms with Crippen molar-refractivity contribution in [3.05, 3.63) is 53.5 Å². The largest absolute Gasteiger partial charge is 0.465 e. The molecule has 6 heteroatoms. The topological polar surface area (TPSA) is 71.3 Å². The van der Waals surface area contributed by atoms with Crippen molar-refractivity contribution in [2.24, 2.45) is 0 Å². The molecule has 0 amide bonds. The molecule has 2 N–H and O–H groups in total. The van der Waals surface area contributed by atoms with Crippen molar-refractivity contribution in [3.8, 4) is 0 Å². The zero-order valence-corrected chi connectivity index (χ0v) is 13.2. The lowest BCUT2D eigenvalue weighted by Crippen LogP contribution is -2.26. The molecule has 1 unspecified atom stereocenters. The summed E-state index contributed by atoms with van der Waals surface area (Å²) in [5.74, 6) is 1.36. The van der Waals surface area contributed by atoms with Crippen LogP contribution in [0.4, 0.5) is 0 Å². The van der Waals surface area contributed by atoms with Gasteiger partial charge in [0.1, 0.15) is 11.5 Å². The van der Waals surface area contributed by atoms with E-state index in [4.69, 9.17) is 4.42 Å². The predicted octanol–water partition coefficient (Wildman–Crippen LogP) is 2.35. The van der Waals surface area contributed by atoms with E-state index in [9.17, 15) is 8.42 Å². The Morgan fingerprint density at radius 2 is 1.81 bits per heavy atom. The lowest BCUT2D eigenvalue weighted by Gasteiger charge is -2.12. The molecule has 0 aliphatic heterocycles. The first-order valence-electron chi connectivity index (χ1n) is 6.74. The second kappa shape index (κ2) is 6.43. The number of hydrogen-bond donors (Lipinski definition) is 2. The molecule has 2 aromatic rings. The van der Waals surface area contributed by atoms with Gasteiger partial charge in [0, 0.05) is 6.54 Å². The third-order valence-corrected chi connectivity index (χ3v) is 4.69. The van der Waals surface area contributed by atoms with Gasteiger partial charge in [-0.2, -0.15) is 0 Å². The molecule has 0 fully saturated rings. The highest BCUT2D eigenvalue weighted by molar-refractivity contribution is 7.89. The van der Waals surface area contributed by atoms with E-state index in [2.05, 4.69) is 10.0 Å². The van der Waals surface area contributed by atoms with Crippen molar-refractivity contribution >= 4 is 10.0 Å². The first kappa shape index (κ1) is 15.8. The number of rotatable bonds is 6. The molecule has 2 rings (SSSR count). The SMILES string of the molecule is CNCc1ccc(S(=O)(=O)NC(C)c2ccc(C)o2)cc1. The van der Waals surface area contributed by atoms with E-state index >= 15 is 0 Å². The molecule has 0 aliphatic rings. The second-order valence-electron chi connectivity index (χ2n) is 4.97. The van der Waals surface area contributed by atoms with Gasteiger partial charge in [0.25, 0.3) is 0 Å². The maximum Gasteiger partial charge on any atom is 0.241 e. The molecule has 1 aromatic heterocycles. The summed E-state index contributed by atoms with van der Waals surface area (Å²) in [5.41, 5.74) is 1.03. The zero-order chi connectivity index (χ0) is 15.5. The minimum Gasteiger partial charge on any atom is -0.465 e. The Kier molecular flexibility index (Phi) is 4.82. The summed E-state index contributed by atoms with van der Waals surface area (Å²) in [6.45, 7) is 4.28. The van der Waals surface area contributed by atoms with Gasteiger partial charge in [0.2, 0.25) is 10.0 Å². The molecule has 21 heavy (non-hydrogen) atoms. The van der Waals surface area contributed by atoms with Crippen molar-refractivity contribution in [2.75, 3.05) is 7.05 Å². The van der Waals surface area contributed by atoms with E-state index in [0.29, 0.717) is 12.3 Å². The lowest BCUT2D eigenvalue weighted by molar-refractivity contribution is 0.441. The fraction of sp³-hybridized carbons (Fsp3) is 0.333. The third kappa shape index (κ3) is 3.93. The van der Waals surface area contributed by atoms with Crippen LogP contribution >= 0.6 is 0 Å². The fourth-order valence-electron chi connectivity index (χ4n) is 2.04. The van der Waals surface area contributed by atoms with E-state index in [0.717, 1.165) is 11.3 Å². The van der Waals surface area contributed by atoms with Crippen LogP contribution in [0.25, 0.3) is 0 Å². The smallest absolute Gasteiger partial charge is 0.241 e. The van der Waals surface area contributed by atoms with Gasteiger partial charge < -0.3 is 9.73 Å². The fourth-order valence-corrected chi connectivity index (χ4v) is 3.25. The van der Waals surface area contributed by atoms with Crippen molar-refractivity contribution in [3.63, 3.8) is 0 Å². The maximum atomic E-state index is 12.3. The Hall–Kier alpha value is -1.63. The van der Waals surface area contributed by atoms with Gasteiger partial charge in [-0.15, -0.1) is 0 Å². The molecule has 1 heterocycles. The van der Waals surface area contributed by atoms with Crippen LogP contribution in [-0.4, -0.2) is 15.5 Å². The minimum atomic E-state index is -3.56. The van der Waals surface area contributed by atoms with Crippen LogP contribution < -0.4 is 10.0 Å². The van der Waals surface area contributed by atoms with Crippen LogP contribution in [0.15, 0.2) is 45.7 Å². The molecular weight excluding hydrogens is 288 g/mol. The summed E-state index contributed by atoms with van der Waals surface area (Å²) < 4.78 is 32.7. The molecule has 0 radical (unpaired) electrons. The van der Waals surface area contributed by atoms with E-state index in [1.165, 1.54) is 0 Å². The molecule has 0 bridgehead atoms. The minimum absolute atomic E-state index is 0.248. The molecule has 114 valence electrons. The van der Waals surface area contributed by atoms with Crippen LogP contribution in [0.3, 0.4) is 0 Å². The van der Waals surface area contributed by atoms with Crippen LogP contribution in [0.5, 0.6) is 0 Å². The molecule has 1 atom stereocenters. The summed E-state index contributed by atoms with van der Waals surface area (Å²) in [5, 5.41) is 3.02. The number of furan rings is 1. The zero-order valence-electron chi connectivity index (χ0n) is 12.4. The number of aryl methyl sites for hydroxylation is 1. The molecule has 0 saturated heterocycles. The third-order valence-electron chi connectivity index (χ3n) is 3.13. The van der Waals surface area contributed by atoms with Crippen LogP contribution in [-0.2, 0) is 16.6 Å². The van der Waals surface area contributed by atoms with E-state index in [-0.39, 0.29) is 4.90 Å². The van der Waals surface area contributed by atoms with Gasteiger partial charge in [-0.3, -0.25) is 0 Å². The number of benzene rings is 1. The van der Waals surface area contributed by atoms with Gasteiger partial charge in [0.05, 0.1) is 10.9 Å². The average Bonchev–Trinajstić information content (AvgIpc) is 2.86. The van der Waals surface area contributed by atoms with E-state index in [1.807, 2.05) is 20.0 Å². The van der Waals surface area contributed by atoms with Crippen molar-refractivity contribution in [1.82, 2.24) is 10.0 Å². The highest BCUT2D eigenvalue weighted by Gasteiger charge is 2.20. The molecule has 0 aliphatic carbocycles. The van der Waals surface area contributed by atoms with Crippen molar-refractivity contribution in [2.45, 2.75) is 31.3 Å². The summed E-state index contributed by atoms with van der Waals surface area (Å²) in [4.78, 5) is 0.248. The summed E-state index contributed by atoms with van der Waals surface area (Å²) in [6, 6.07) is 9.98. The van der Waals surface area contributed by atoms with Crippen molar-refractivity contribution < 1.29 is 12.8 Å². The summed E-state index contributed by atoms with van der Waals surface area (Å²) in [6.07, 6.45) is 0. The number of sulfonamides is 1. The van der Waals surface area contributed by atoms with Gasteiger partial charge >= 0.3 is 0 Å². The van der Waals surface area contributed by atoms with E-state index < -0.39 is 16.1 Å². The van der Waals surface area contributed by atoms with Crippen LogP contribution in [0.1, 0.15) is 30.0 Å². The van der Waals surface area contributed by atoms with Gasteiger partial charge in [0.15, 0.2) is 0 Å². The number of nitrogens with one attached hydrogen (secondary N) is 2. The Labute approximate surface area is 125 Å².